The summed E-state index contributed by atoms with van der Waals surface area (Å²) in [5, 5.41) is 0.957. The van der Waals surface area contributed by atoms with Crippen molar-refractivity contribution in [3.63, 3.8) is 0 Å². The molecule has 0 saturated carbocycles. The molecule has 112 valence electrons. The fourth-order valence-corrected chi connectivity index (χ4v) is 3.92. The molecule has 1 fully saturated rings. The minimum Gasteiger partial charge on any atom is -0.366 e. The maximum Gasteiger partial charge on any atom is 0.250 e. The monoisotopic (exact) mass is 304 g/mol. The Morgan fingerprint density at radius 2 is 2.33 bits per heavy atom. The summed E-state index contributed by atoms with van der Waals surface area (Å²) in [4.78, 5) is 20.8. The van der Waals surface area contributed by atoms with E-state index >= 15 is 0 Å². The number of carbonyl (C=O) groups is 1. The number of rotatable bonds is 3. The van der Waals surface area contributed by atoms with Crippen molar-refractivity contribution in [2.75, 3.05) is 32.1 Å². The van der Waals surface area contributed by atoms with Crippen LogP contribution in [0.3, 0.4) is 0 Å². The highest BCUT2D eigenvalue weighted by Gasteiger charge is 2.24. The zero-order chi connectivity index (χ0) is 15.0. The average Bonchev–Trinajstić information content (AvgIpc) is 2.89. The molecule has 1 aliphatic heterocycles. The summed E-state index contributed by atoms with van der Waals surface area (Å²) in [6.07, 6.45) is 2.39. The van der Waals surface area contributed by atoms with Crippen molar-refractivity contribution in [3.05, 3.63) is 23.8 Å². The van der Waals surface area contributed by atoms with E-state index in [0.29, 0.717) is 11.6 Å². The molecule has 0 radical (unpaired) electrons. The molecule has 5 nitrogen and oxygen atoms in total. The molecule has 1 aromatic heterocycles. The van der Waals surface area contributed by atoms with Crippen molar-refractivity contribution in [2.24, 2.45) is 5.73 Å². The van der Waals surface area contributed by atoms with E-state index < -0.39 is 5.91 Å². The number of benzene rings is 1. The Labute approximate surface area is 128 Å². The van der Waals surface area contributed by atoms with E-state index in [1.807, 2.05) is 12.1 Å². The number of fused-ring (bicyclic) bond motifs is 1. The lowest BCUT2D eigenvalue weighted by Gasteiger charge is -2.35. The molecule has 1 unspecified atom stereocenters. The number of likely N-dealkylation sites (N-methyl/N-ethyl adjacent to an activating group) is 2. The number of hydrogen-bond donors (Lipinski definition) is 1. The highest BCUT2D eigenvalue weighted by molar-refractivity contribution is 7.22. The van der Waals surface area contributed by atoms with Gasteiger partial charge in [-0.25, -0.2) is 4.98 Å². The van der Waals surface area contributed by atoms with E-state index in [0.717, 1.165) is 28.4 Å². The minimum absolute atomic E-state index is 0.419. The number of likely N-dealkylation sites (tertiary alicyclic amines) is 1. The van der Waals surface area contributed by atoms with Crippen molar-refractivity contribution >= 4 is 32.6 Å². The summed E-state index contributed by atoms with van der Waals surface area (Å²) >= 11 is 1.62. The fourth-order valence-electron chi connectivity index (χ4n) is 2.90. The molecule has 1 saturated heterocycles. The first-order valence-corrected chi connectivity index (χ1v) is 7.98. The highest BCUT2D eigenvalue weighted by Crippen LogP contribution is 2.32. The summed E-state index contributed by atoms with van der Waals surface area (Å²) in [6, 6.07) is 6.06. The molecular formula is C15H20N4OS. The van der Waals surface area contributed by atoms with Gasteiger partial charge in [-0.3, -0.25) is 4.79 Å². The summed E-state index contributed by atoms with van der Waals surface area (Å²) in [6.45, 7) is 2.21. The first-order chi connectivity index (χ1) is 10.1. The molecule has 1 aliphatic rings. The largest absolute Gasteiger partial charge is 0.366 e. The number of piperidine rings is 1. The van der Waals surface area contributed by atoms with Crippen molar-refractivity contribution in [3.8, 4) is 0 Å². The van der Waals surface area contributed by atoms with Gasteiger partial charge in [0.2, 0.25) is 0 Å². The number of amides is 1. The molecular weight excluding hydrogens is 284 g/mol. The molecule has 0 bridgehead atoms. The van der Waals surface area contributed by atoms with Crippen LogP contribution in [0.4, 0.5) is 5.13 Å². The summed E-state index contributed by atoms with van der Waals surface area (Å²) in [7, 11) is 4.25. The van der Waals surface area contributed by atoms with Gasteiger partial charge in [0.25, 0.3) is 5.91 Å². The Morgan fingerprint density at radius 3 is 3.05 bits per heavy atom. The zero-order valence-corrected chi connectivity index (χ0v) is 13.2. The number of para-hydroxylation sites is 1. The number of primary amides is 1. The Hall–Kier alpha value is -1.66. The van der Waals surface area contributed by atoms with E-state index in [-0.39, 0.29) is 0 Å². The smallest absolute Gasteiger partial charge is 0.250 e. The summed E-state index contributed by atoms with van der Waals surface area (Å²) in [5.41, 5.74) is 6.66. The maximum absolute atomic E-state index is 11.5. The first kappa shape index (κ1) is 14.3. The molecule has 2 N–H and O–H groups in total. The number of aromatic nitrogens is 1. The van der Waals surface area contributed by atoms with E-state index in [2.05, 4.69) is 28.9 Å². The predicted molar refractivity (Wildman–Crippen MR) is 87.1 cm³/mol. The Kier molecular flexibility index (Phi) is 3.82. The SMILES string of the molecule is CN1CCCC(N(C)c2nc3c(C(N)=O)cccc3s2)C1. The lowest BCUT2D eigenvalue weighted by atomic mass is 10.1. The van der Waals surface area contributed by atoms with Crippen LogP contribution in [0.15, 0.2) is 18.2 Å². The van der Waals surface area contributed by atoms with Gasteiger partial charge in [-0.2, -0.15) is 0 Å². The maximum atomic E-state index is 11.5. The third kappa shape index (κ3) is 2.73. The van der Waals surface area contributed by atoms with Gasteiger partial charge in [0, 0.05) is 19.6 Å². The number of hydrogen-bond acceptors (Lipinski definition) is 5. The summed E-state index contributed by atoms with van der Waals surface area (Å²) < 4.78 is 1.01. The van der Waals surface area contributed by atoms with E-state index in [1.165, 1.54) is 12.8 Å². The highest BCUT2D eigenvalue weighted by atomic mass is 32.1. The second kappa shape index (κ2) is 5.61. The lowest BCUT2D eigenvalue weighted by molar-refractivity contribution is 0.100. The fraction of sp³-hybridized carbons (Fsp3) is 0.467. The van der Waals surface area contributed by atoms with Crippen LogP contribution < -0.4 is 10.6 Å². The van der Waals surface area contributed by atoms with Gasteiger partial charge in [-0.1, -0.05) is 17.4 Å². The molecule has 0 spiro atoms. The summed E-state index contributed by atoms with van der Waals surface area (Å²) in [5.74, 6) is -0.419. The Morgan fingerprint density at radius 1 is 1.52 bits per heavy atom. The van der Waals surface area contributed by atoms with E-state index in [9.17, 15) is 4.79 Å². The number of nitrogens with two attached hydrogens (primary N) is 1. The standard InChI is InChI=1S/C15H20N4OS/c1-18-8-4-5-10(9-18)19(2)15-17-13-11(14(16)20)6-3-7-12(13)21-15/h3,6-7,10H,4-5,8-9H2,1-2H3,(H2,16,20). The van der Waals surface area contributed by atoms with Crippen LogP contribution in [0, 0.1) is 0 Å². The molecule has 0 aliphatic carbocycles. The number of carbonyl (C=O) groups excluding carboxylic acids is 1. The van der Waals surface area contributed by atoms with Crippen LogP contribution in [-0.4, -0.2) is 49.0 Å². The third-order valence-corrected chi connectivity index (χ3v) is 5.23. The second-order valence-electron chi connectivity index (χ2n) is 5.68. The second-order valence-corrected chi connectivity index (χ2v) is 6.69. The van der Waals surface area contributed by atoms with Gasteiger partial charge in [-0.15, -0.1) is 0 Å². The van der Waals surface area contributed by atoms with E-state index in [1.54, 1.807) is 17.4 Å². The van der Waals surface area contributed by atoms with Gasteiger partial charge in [0.1, 0.15) is 0 Å². The Bertz CT molecular complexity index is 669. The molecule has 6 heteroatoms. The predicted octanol–water partition coefficient (Wildman–Crippen LogP) is 1.93. The number of nitrogens with zero attached hydrogens (tertiary/aromatic N) is 3. The molecule has 1 amide bonds. The number of thiazole rings is 1. The van der Waals surface area contributed by atoms with Gasteiger partial charge in [0.05, 0.1) is 15.8 Å². The van der Waals surface area contributed by atoms with Gasteiger partial charge >= 0.3 is 0 Å². The first-order valence-electron chi connectivity index (χ1n) is 7.17. The zero-order valence-electron chi connectivity index (χ0n) is 12.4. The van der Waals surface area contributed by atoms with E-state index in [4.69, 9.17) is 5.73 Å². The van der Waals surface area contributed by atoms with Crippen LogP contribution in [-0.2, 0) is 0 Å². The Balaban J connectivity index is 1.93. The molecule has 21 heavy (non-hydrogen) atoms. The molecule has 2 heterocycles. The van der Waals surface area contributed by atoms with Crippen LogP contribution >= 0.6 is 11.3 Å². The van der Waals surface area contributed by atoms with Crippen molar-refractivity contribution < 1.29 is 4.79 Å². The topological polar surface area (TPSA) is 62.5 Å². The van der Waals surface area contributed by atoms with Gasteiger partial charge in [-0.05, 0) is 38.6 Å². The van der Waals surface area contributed by atoms with Crippen LogP contribution in [0.2, 0.25) is 0 Å². The van der Waals surface area contributed by atoms with Gasteiger partial charge in [0.15, 0.2) is 5.13 Å². The van der Waals surface area contributed by atoms with Crippen LogP contribution in [0.5, 0.6) is 0 Å². The normalized spacial score (nSPS) is 19.8. The molecule has 1 atom stereocenters. The average molecular weight is 304 g/mol. The molecule has 3 rings (SSSR count). The molecule has 1 aromatic carbocycles. The van der Waals surface area contributed by atoms with Crippen molar-refractivity contribution in [1.29, 1.82) is 0 Å². The number of anilines is 1. The van der Waals surface area contributed by atoms with Crippen molar-refractivity contribution in [2.45, 2.75) is 18.9 Å². The van der Waals surface area contributed by atoms with Gasteiger partial charge < -0.3 is 15.5 Å². The quantitative estimate of drug-likeness (QED) is 0.941. The minimum atomic E-state index is -0.419. The van der Waals surface area contributed by atoms with Crippen molar-refractivity contribution in [1.82, 2.24) is 9.88 Å². The third-order valence-electron chi connectivity index (χ3n) is 4.12. The molecule has 2 aromatic rings. The van der Waals surface area contributed by atoms with Crippen LogP contribution in [0.25, 0.3) is 10.2 Å². The lowest BCUT2D eigenvalue weighted by Crippen LogP contribution is -2.45. The van der Waals surface area contributed by atoms with Crippen LogP contribution in [0.1, 0.15) is 23.2 Å².